The van der Waals surface area contributed by atoms with E-state index in [4.69, 9.17) is 9.47 Å². The fourth-order valence-electron chi connectivity index (χ4n) is 3.59. The normalized spacial score (nSPS) is 39.6. The number of hydrogen-bond acceptors (Lipinski definition) is 4. The lowest BCUT2D eigenvalue weighted by Gasteiger charge is -2.39. The number of Topliss-reactive ketones (excluding diaryl/α,β-unsaturated/α-hetero) is 1. The van der Waals surface area contributed by atoms with Crippen LogP contribution < -0.4 is 0 Å². The quantitative estimate of drug-likeness (QED) is 0.786. The summed E-state index contributed by atoms with van der Waals surface area (Å²) < 4.78 is 12.1. The molecule has 2 bridgehead atoms. The van der Waals surface area contributed by atoms with Crippen LogP contribution in [0.2, 0.25) is 0 Å². The molecule has 0 radical (unpaired) electrons. The largest absolute Gasteiger partial charge is 0.387 e. The van der Waals surface area contributed by atoms with Crippen LogP contribution in [-0.2, 0) is 14.3 Å². The van der Waals surface area contributed by atoms with Gasteiger partial charge in [0.2, 0.25) is 5.79 Å². The average Bonchev–Trinajstić information content (AvgIpc) is 2.73. The van der Waals surface area contributed by atoms with Crippen molar-refractivity contribution in [2.24, 2.45) is 0 Å². The number of hydrogen-bond donors (Lipinski definition) is 1. The van der Waals surface area contributed by atoms with Crippen LogP contribution in [0.3, 0.4) is 0 Å². The highest BCUT2D eigenvalue weighted by Crippen LogP contribution is 2.47. The minimum absolute atomic E-state index is 0.000858. The third kappa shape index (κ3) is 2.24. The van der Waals surface area contributed by atoms with E-state index in [2.05, 4.69) is 6.92 Å². The molecule has 0 unspecified atom stereocenters. The highest BCUT2D eigenvalue weighted by atomic mass is 16.8. The van der Waals surface area contributed by atoms with Crippen LogP contribution in [0.25, 0.3) is 0 Å². The number of aliphatic hydroxyl groups excluding tert-OH is 1. The molecular formula is C16H24O4. The van der Waals surface area contributed by atoms with Gasteiger partial charge in [-0.3, -0.25) is 4.79 Å². The van der Waals surface area contributed by atoms with Gasteiger partial charge in [-0.25, -0.2) is 0 Å². The molecule has 20 heavy (non-hydrogen) atoms. The molecule has 3 aliphatic rings. The Kier molecular flexibility index (Phi) is 3.98. The van der Waals surface area contributed by atoms with Gasteiger partial charge in [-0.15, -0.1) is 0 Å². The first-order chi connectivity index (χ1) is 9.67. The average molecular weight is 280 g/mol. The summed E-state index contributed by atoms with van der Waals surface area (Å²) in [4.78, 5) is 12.0. The predicted molar refractivity (Wildman–Crippen MR) is 74.2 cm³/mol. The van der Waals surface area contributed by atoms with Gasteiger partial charge in [0.25, 0.3) is 0 Å². The molecule has 2 fully saturated rings. The van der Waals surface area contributed by atoms with Crippen LogP contribution in [-0.4, -0.2) is 35.0 Å². The number of unbranched alkanes of at least 4 members (excludes halogenated alkanes) is 3. The Labute approximate surface area is 120 Å². The molecule has 1 spiro atoms. The number of rotatable bonds is 5. The van der Waals surface area contributed by atoms with Gasteiger partial charge in [-0.05, 0) is 19.3 Å². The Morgan fingerprint density at radius 1 is 1.35 bits per heavy atom. The Bertz CT molecular complexity index is 417. The van der Waals surface area contributed by atoms with Crippen molar-refractivity contribution in [3.8, 4) is 0 Å². The third-order valence-electron chi connectivity index (χ3n) is 4.72. The van der Waals surface area contributed by atoms with Crippen LogP contribution in [0.1, 0.15) is 58.3 Å². The molecule has 4 atom stereocenters. The summed E-state index contributed by atoms with van der Waals surface area (Å²) in [5.41, 5.74) is 0.559. The Hall–Kier alpha value is -0.710. The van der Waals surface area contributed by atoms with E-state index in [0.29, 0.717) is 18.4 Å². The zero-order valence-corrected chi connectivity index (χ0v) is 12.1. The molecule has 3 rings (SSSR count). The fraction of sp³-hybridized carbons (Fsp3) is 0.812. The minimum Gasteiger partial charge on any atom is -0.387 e. The zero-order chi connectivity index (χ0) is 14.2. The molecule has 1 saturated carbocycles. The first kappa shape index (κ1) is 14.2. The van der Waals surface area contributed by atoms with Gasteiger partial charge < -0.3 is 14.6 Å². The second kappa shape index (κ2) is 5.58. The van der Waals surface area contributed by atoms with Crippen molar-refractivity contribution in [2.75, 3.05) is 0 Å². The standard InChI is InChI=1S/C16H24O4/c1-2-3-4-5-6-13-14-9-7-11-12(17)8-10-15(18)16(11,19-13)20-14/h7,13-15,18H,2-6,8-10H2,1H3/t13-,14-,15+,16-/m0/s1. The van der Waals surface area contributed by atoms with E-state index in [1.807, 2.05) is 6.08 Å². The molecule has 0 aromatic heterocycles. The van der Waals surface area contributed by atoms with E-state index in [9.17, 15) is 9.90 Å². The predicted octanol–water partition coefficient (Wildman–Crippen LogP) is 2.49. The van der Waals surface area contributed by atoms with Crippen LogP contribution in [0.5, 0.6) is 0 Å². The fourth-order valence-corrected chi connectivity index (χ4v) is 3.59. The van der Waals surface area contributed by atoms with E-state index in [-0.39, 0.29) is 18.0 Å². The van der Waals surface area contributed by atoms with E-state index in [1.165, 1.54) is 19.3 Å². The highest BCUT2D eigenvalue weighted by Gasteiger charge is 2.59. The summed E-state index contributed by atoms with van der Waals surface area (Å²) in [5.74, 6) is -1.08. The van der Waals surface area contributed by atoms with Crippen LogP contribution >= 0.6 is 0 Å². The SMILES string of the molecule is CCCCCC[C@@H]1O[C@]23O[C@H]1CC=C2C(=O)CC[C@H]3O. The van der Waals surface area contributed by atoms with Gasteiger partial charge in [0.05, 0.1) is 17.8 Å². The van der Waals surface area contributed by atoms with Crippen molar-refractivity contribution < 1.29 is 19.4 Å². The van der Waals surface area contributed by atoms with Crippen molar-refractivity contribution in [3.63, 3.8) is 0 Å². The van der Waals surface area contributed by atoms with E-state index in [1.54, 1.807) is 0 Å². The number of ether oxygens (including phenoxy) is 2. The maximum atomic E-state index is 12.0. The first-order valence-electron chi connectivity index (χ1n) is 7.95. The van der Waals surface area contributed by atoms with Crippen molar-refractivity contribution >= 4 is 5.78 Å². The smallest absolute Gasteiger partial charge is 0.225 e. The monoisotopic (exact) mass is 280 g/mol. The van der Waals surface area contributed by atoms with Crippen LogP contribution in [0.15, 0.2) is 11.6 Å². The van der Waals surface area contributed by atoms with Gasteiger partial charge in [0.15, 0.2) is 5.78 Å². The van der Waals surface area contributed by atoms with Gasteiger partial charge in [-0.2, -0.15) is 0 Å². The Balaban J connectivity index is 1.69. The van der Waals surface area contributed by atoms with Crippen molar-refractivity contribution in [3.05, 3.63) is 11.6 Å². The van der Waals surface area contributed by atoms with E-state index in [0.717, 1.165) is 19.3 Å². The molecule has 1 aliphatic carbocycles. The zero-order valence-electron chi connectivity index (χ0n) is 12.1. The van der Waals surface area contributed by atoms with E-state index < -0.39 is 11.9 Å². The maximum absolute atomic E-state index is 12.0. The lowest BCUT2D eigenvalue weighted by molar-refractivity contribution is -0.219. The number of aliphatic hydroxyl groups is 1. The van der Waals surface area contributed by atoms with Crippen LogP contribution in [0.4, 0.5) is 0 Å². The molecule has 1 N–H and O–H groups in total. The summed E-state index contributed by atoms with van der Waals surface area (Å²) >= 11 is 0. The van der Waals surface area contributed by atoms with Crippen molar-refractivity contribution in [2.45, 2.75) is 82.4 Å². The molecule has 112 valence electrons. The second-order valence-electron chi connectivity index (χ2n) is 6.16. The lowest BCUT2D eigenvalue weighted by Crippen LogP contribution is -2.52. The summed E-state index contributed by atoms with van der Waals surface area (Å²) in [5, 5.41) is 10.3. The highest BCUT2D eigenvalue weighted by molar-refractivity contribution is 5.98. The van der Waals surface area contributed by atoms with Gasteiger partial charge in [0.1, 0.15) is 6.10 Å². The topological polar surface area (TPSA) is 55.8 Å². The molecule has 1 saturated heterocycles. The van der Waals surface area contributed by atoms with E-state index >= 15 is 0 Å². The van der Waals surface area contributed by atoms with Crippen molar-refractivity contribution in [1.29, 1.82) is 0 Å². The molecule has 2 heterocycles. The first-order valence-corrected chi connectivity index (χ1v) is 7.95. The van der Waals surface area contributed by atoms with Gasteiger partial charge in [-0.1, -0.05) is 38.7 Å². The van der Waals surface area contributed by atoms with Gasteiger partial charge >= 0.3 is 0 Å². The summed E-state index contributed by atoms with van der Waals surface area (Å²) in [7, 11) is 0. The summed E-state index contributed by atoms with van der Waals surface area (Å²) in [6, 6.07) is 0. The van der Waals surface area contributed by atoms with Gasteiger partial charge in [0, 0.05) is 6.42 Å². The molecule has 0 aromatic rings. The molecule has 4 nitrogen and oxygen atoms in total. The molecule has 0 aromatic carbocycles. The number of fused-ring (bicyclic) bond motifs is 1. The second-order valence-corrected chi connectivity index (χ2v) is 6.16. The lowest BCUT2D eigenvalue weighted by atomic mass is 9.83. The summed E-state index contributed by atoms with van der Waals surface area (Å²) in [6.07, 6.45) is 8.54. The molecular weight excluding hydrogens is 256 g/mol. The summed E-state index contributed by atoms with van der Waals surface area (Å²) in [6.45, 7) is 2.20. The Morgan fingerprint density at radius 3 is 3.00 bits per heavy atom. The minimum atomic E-state index is -1.15. The molecule has 0 amide bonds. The maximum Gasteiger partial charge on any atom is 0.225 e. The van der Waals surface area contributed by atoms with Crippen LogP contribution in [0, 0.1) is 0 Å². The number of ketones is 1. The number of carbonyl (C=O) groups is 1. The molecule has 4 heteroatoms. The number of carbonyl (C=O) groups excluding carboxylic acids is 1. The third-order valence-corrected chi connectivity index (χ3v) is 4.72. The van der Waals surface area contributed by atoms with Crippen molar-refractivity contribution in [1.82, 2.24) is 0 Å². The molecule has 2 aliphatic heterocycles. The Morgan fingerprint density at radius 2 is 2.20 bits per heavy atom.